The van der Waals surface area contributed by atoms with E-state index in [1.165, 1.54) is 12.3 Å². The molecule has 0 saturated carbocycles. The zero-order chi connectivity index (χ0) is 13.8. The topological polar surface area (TPSA) is 42.0 Å². The third-order valence-electron chi connectivity index (χ3n) is 2.73. The fourth-order valence-electron chi connectivity index (χ4n) is 1.67. The standard InChI is InChI=1S/C14H12BrFN2O/c1-9(10-2-4-11(15)5-3-10)18-14(19)12-6-7-17-8-13(12)16/h2-9H,1H3,(H,18,19)/t9-/m1/s1. The lowest BCUT2D eigenvalue weighted by atomic mass is 10.1. The van der Waals surface area contributed by atoms with Crippen LogP contribution in [-0.4, -0.2) is 10.9 Å². The molecule has 0 bridgehead atoms. The predicted molar refractivity (Wildman–Crippen MR) is 74.2 cm³/mol. The Bertz CT molecular complexity index is 586. The van der Waals surface area contributed by atoms with Gasteiger partial charge >= 0.3 is 0 Å². The molecule has 2 rings (SSSR count). The van der Waals surface area contributed by atoms with E-state index in [4.69, 9.17) is 0 Å². The van der Waals surface area contributed by atoms with Crippen molar-refractivity contribution >= 4 is 21.8 Å². The van der Waals surface area contributed by atoms with E-state index in [1.54, 1.807) is 0 Å². The summed E-state index contributed by atoms with van der Waals surface area (Å²) in [5.74, 6) is -1.07. The van der Waals surface area contributed by atoms with Crippen LogP contribution in [0, 0.1) is 5.82 Å². The lowest BCUT2D eigenvalue weighted by Gasteiger charge is -2.14. The maximum Gasteiger partial charge on any atom is 0.254 e. The maximum atomic E-state index is 13.4. The van der Waals surface area contributed by atoms with E-state index < -0.39 is 11.7 Å². The van der Waals surface area contributed by atoms with Gasteiger partial charge in [-0.25, -0.2) is 4.39 Å². The SMILES string of the molecule is C[C@@H](NC(=O)c1ccncc1F)c1ccc(Br)cc1. The predicted octanol–water partition coefficient (Wildman–Crippen LogP) is 3.47. The highest BCUT2D eigenvalue weighted by Gasteiger charge is 2.14. The van der Waals surface area contributed by atoms with E-state index >= 15 is 0 Å². The van der Waals surface area contributed by atoms with Crippen LogP contribution in [0.1, 0.15) is 28.9 Å². The molecule has 0 saturated heterocycles. The van der Waals surface area contributed by atoms with Gasteiger partial charge in [0.2, 0.25) is 0 Å². The van der Waals surface area contributed by atoms with Crippen molar-refractivity contribution in [2.75, 3.05) is 0 Å². The number of benzene rings is 1. The molecule has 0 spiro atoms. The van der Waals surface area contributed by atoms with Gasteiger partial charge in [0.25, 0.3) is 5.91 Å². The summed E-state index contributed by atoms with van der Waals surface area (Å²) in [6.07, 6.45) is 2.42. The van der Waals surface area contributed by atoms with Crippen molar-refractivity contribution in [2.24, 2.45) is 0 Å². The molecule has 5 heteroatoms. The number of nitrogens with zero attached hydrogens (tertiary/aromatic N) is 1. The second-order valence-corrected chi connectivity index (χ2v) is 5.02. The molecule has 1 N–H and O–H groups in total. The Labute approximate surface area is 119 Å². The summed E-state index contributed by atoms with van der Waals surface area (Å²) in [5.41, 5.74) is 0.949. The summed E-state index contributed by atoms with van der Waals surface area (Å²) in [5, 5.41) is 2.75. The molecule has 1 aromatic carbocycles. The van der Waals surface area contributed by atoms with Crippen molar-refractivity contribution in [1.82, 2.24) is 10.3 Å². The minimum absolute atomic E-state index is 0.000961. The van der Waals surface area contributed by atoms with Crippen molar-refractivity contribution in [3.05, 3.63) is 64.1 Å². The lowest BCUT2D eigenvalue weighted by Crippen LogP contribution is -2.27. The number of carbonyl (C=O) groups excluding carboxylic acids is 1. The minimum Gasteiger partial charge on any atom is -0.345 e. The Kier molecular flexibility index (Phi) is 4.27. The molecule has 1 atom stereocenters. The lowest BCUT2D eigenvalue weighted by molar-refractivity contribution is 0.0935. The van der Waals surface area contributed by atoms with Crippen LogP contribution in [0.4, 0.5) is 4.39 Å². The first kappa shape index (κ1) is 13.7. The summed E-state index contributed by atoms with van der Waals surface area (Å²) >= 11 is 3.35. The Hall–Kier alpha value is -1.75. The average molecular weight is 323 g/mol. The van der Waals surface area contributed by atoms with Gasteiger partial charge in [0.15, 0.2) is 5.82 Å². The fraction of sp³-hybridized carbons (Fsp3) is 0.143. The van der Waals surface area contributed by atoms with Crippen LogP contribution in [0.3, 0.4) is 0 Å². The van der Waals surface area contributed by atoms with E-state index in [9.17, 15) is 9.18 Å². The van der Waals surface area contributed by atoms with Crippen molar-refractivity contribution in [1.29, 1.82) is 0 Å². The number of aromatic nitrogens is 1. The highest BCUT2D eigenvalue weighted by atomic mass is 79.9. The van der Waals surface area contributed by atoms with Gasteiger partial charge < -0.3 is 5.32 Å². The molecule has 0 fully saturated rings. The molecule has 0 aliphatic rings. The third kappa shape index (κ3) is 3.38. The van der Waals surface area contributed by atoms with Gasteiger partial charge in [0.05, 0.1) is 17.8 Å². The molecular formula is C14H12BrFN2O. The second kappa shape index (κ2) is 5.93. The zero-order valence-electron chi connectivity index (χ0n) is 10.2. The summed E-state index contributed by atoms with van der Waals surface area (Å²) in [7, 11) is 0. The molecule has 1 aromatic heterocycles. The quantitative estimate of drug-likeness (QED) is 0.940. The maximum absolute atomic E-state index is 13.4. The van der Waals surface area contributed by atoms with Gasteiger partial charge in [-0.2, -0.15) is 0 Å². The molecule has 0 aliphatic carbocycles. The average Bonchev–Trinajstić information content (AvgIpc) is 2.39. The molecule has 0 aliphatic heterocycles. The fourth-order valence-corrected chi connectivity index (χ4v) is 1.93. The molecule has 0 unspecified atom stereocenters. The first-order valence-electron chi connectivity index (χ1n) is 5.74. The highest BCUT2D eigenvalue weighted by Crippen LogP contribution is 2.17. The number of pyridine rings is 1. The third-order valence-corrected chi connectivity index (χ3v) is 3.26. The molecule has 98 valence electrons. The first-order valence-corrected chi connectivity index (χ1v) is 6.53. The van der Waals surface area contributed by atoms with Crippen LogP contribution in [0.2, 0.25) is 0 Å². The van der Waals surface area contributed by atoms with Gasteiger partial charge in [-0.15, -0.1) is 0 Å². The number of nitrogens with one attached hydrogen (secondary N) is 1. The smallest absolute Gasteiger partial charge is 0.254 e. The summed E-state index contributed by atoms with van der Waals surface area (Å²) in [6, 6.07) is 8.75. The second-order valence-electron chi connectivity index (χ2n) is 4.10. The molecular weight excluding hydrogens is 311 g/mol. The van der Waals surface area contributed by atoms with Gasteiger partial charge in [-0.3, -0.25) is 9.78 Å². The van der Waals surface area contributed by atoms with E-state index in [0.717, 1.165) is 16.2 Å². The van der Waals surface area contributed by atoms with E-state index in [0.29, 0.717) is 0 Å². The minimum atomic E-state index is -0.622. The number of rotatable bonds is 3. The van der Waals surface area contributed by atoms with Gasteiger partial charge in [-0.05, 0) is 30.7 Å². The van der Waals surface area contributed by atoms with Crippen LogP contribution in [0.5, 0.6) is 0 Å². The van der Waals surface area contributed by atoms with Crippen LogP contribution < -0.4 is 5.32 Å². The van der Waals surface area contributed by atoms with Crippen molar-refractivity contribution < 1.29 is 9.18 Å². The van der Waals surface area contributed by atoms with E-state index in [2.05, 4.69) is 26.2 Å². The largest absolute Gasteiger partial charge is 0.345 e. The van der Waals surface area contributed by atoms with Crippen molar-refractivity contribution in [2.45, 2.75) is 13.0 Å². The summed E-state index contributed by atoms with van der Waals surface area (Å²) < 4.78 is 14.4. The highest BCUT2D eigenvalue weighted by molar-refractivity contribution is 9.10. The molecule has 2 aromatic rings. The van der Waals surface area contributed by atoms with Gasteiger partial charge in [0, 0.05) is 10.7 Å². The Morgan fingerprint density at radius 3 is 2.63 bits per heavy atom. The number of carbonyl (C=O) groups is 1. The van der Waals surface area contributed by atoms with Crippen molar-refractivity contribution in [3.63, 3.8) is 0 Å². The summed E-state index contributed by atoms with van der Waals surface area (Å²) in [6.45, 7) is 1.85. The van der Waals surface area contributed by atoms with Crippen LogP contribution in [-0.2, 0) is 0 Å². The number of amides is 1. The van der Waals surface area contributed by atoms with Crippen LogP contribution in [0.25, 0.3) is 0 Å². The normalized spacial score (nSPS) is 11.9. The summed E-state index contributed by atoms with van der Waals surface area (Å²) in [4.78, 5) is 15.5. The van der Waals surface area contributed by atoms with E-state index in [-0.39, 0.29) is 11.6 Å². The number of hydrogen-bond donors (Lipinski definition) is 1. The van der Waals surface area contributed by atoms with Crippen LogP contribution in [0.15, 0.2) is 47.2 Å². The van der Waals surface area contributed by atoms with Crippen LogP contribution >= 0.6 is 15.9 Å². The van der Waals surface area contributed by atoms with Gasteiger partial charge in [0.1, 0.15) is 0 Å². The molecule has 19 heavy (non-hydrogen) atoms. The molecule has 0 radical (unpaired) electrons. The first-order chi connectivity index (χ1) is 9.08. The Morgan fingerprint density at radius 2 is 2.00 bits per heavy atom. The van der Waals surface area contributed by atoms with E-state index in [1.807, 2.05) is 31.2 Å². The molecule has 3 nitrogen and oxygen atoms in total. The Morgan fingerprint density at radius 1 is 1.32 bits per heavy atom. The number of halogens is 2. The van der Waals surface area contributed by atoms with Gasteiger partial charge in [-0.1, -0.05) is 28.1 Å². The number of hydrogen-bond acceptors (Lipinski definition) is 2. The monoisotopic (exact) mass is 322 g/mol. The molecule has 1 amide bonds. The Balaban J connectivity index is 2.11. The molecule has 1 heterocycles. The zero-order valence-corrected chi connectivity index (χ0v) is 11.8. The van der Waals surface area contributed by atoms with Crippen molar-refractivity contribution in [3.8, 4) is 0 Å².